The van der Waals surface area contributed by atoms with E-state index in [4.69, 9.17) is 16.3 Å². The third-order valence-electron chi connectivity index (χ3n) is 6.41. The number of anilines is 1. The highest BCUT2D eigenvalue weighted by Gasteiger charge is 2.28. The first-order chi connectivity index (χ1) is 17.3. The van der Waals surface area contributed by atoms with Crippen molar-refractivity contribution in [3.05, 3.63) is 76.6 Å². The van der Waals surface area contributed by atoms with E-state index >= 15 is 0 Å². The molecule has 1 aromatic heterocycles. The molecule has 190 valence electrons. The number of nitrogens with zero attached hydrogens (tertiary/aromatic N) is 3. The van der Waals surface area contributed by atoms with Crippen molar-refractivity contribution in [1.82, 2.24) is 14.7 Å². The van der Waals surface area contributed by atoms with Crippen molar-refractivity contribution in [2.75, 3.05) is 18.4 Å². The third-order valence-corrected chi connectivity index (χ3v) is 6.68. The van der Waals surface area contributed by atoms with Gasteiger partial charge in [-0.3, -0.25) is 14.3 Å². The zero-order chi connectivity index (χ0) is 25.7. The molecular formula is C28H33ClN4O3. The fraction of sp³-hybridized carbons (Fsp3) is 0.393. The van der Waals surface area contributed by atoms with Crippen LogP contribution < -0.4 is 10.1 Å². The van der Waals surface area contributed by atoms with E-state index in [1.165, 1.54) is 6.20 Å². The Morgan fingerprint density at radius 2 is 1.86 bits per heavy atom. The maximum Gasteiger partial charge on any atom is 0.275 e. The first kappa shape index (κ1) is 25.8. The lowest BCUT2D eigenvalue weighted by Crippen LogP contribution is -2.40. The normalized spacial score (nSPS) is 14.2. The summed E-state index contributed by atoms with van der Waals surface area (Å²) in [6.07, 6.45) is 3.53. The fourth-order valence-electron chi connectivity index (χ4n) is 4.46. The van der Waals surface area contributed by atoms with Crippen molar-refractivity contribution in [1.29, 1.82) is 0 Å². The Kier molecular flexibility index (Phi) is 8.31. The van der Waals surface area contributed by atoms with Crippen molar-refractivity contribution in [2.45, 2.75) is 52.7 Å². The number of aryl methyl sites for hydroxylation is 1. The van der Waals surface area contributed by atoms with Gasteiger partial charge in [0.2, 0.25) is 5.91 Å². The molecule has 0 atom stereocenters. The summed E-state index contributed by atoms with van der Waals surface area (Å²) < 4.78 is 7.61. The molecule has 0 saturated carbocycles. The summed E-state index contributed by atoms with van der Waals surface area (Å²) in [5.41, 5.74) is 3.00. The second-order valence-electron chi connectivity index (χ2n) is 9.70. The van der Waals surface area contributed by atoms with Crippen LogP contribution in [0.1, 0.15) is 60.8 Å². The molecular weight excluding hydrogens is 476 g/mol. The van der Waals surface area contributed by atoms with Crippen LogP contribution in [0, 0.1) is 12.8 Å². The molecule has 0 radical (unpaired) electrons. The number of carbonyl (C=O) groups excluding carboxylic acids is 2. The lowest BCUT2D eigenvalue weighted by atomic mass is 10.0. The van der Waals surface area contributed by atoms with Crippen LogP contribution in [-0.2, 0) is 11.4 Å². The predicted octanol–water partition coefficient (Wildman–Crippen LogP) is 5.89. The monoisotopic (exact) mass is 508 g/mol. The van der Waals surface area contributed by atoms with Crippen LogP contribution in [0.25, 0.3) is 0 Å². The van der Waals surface area contributed by atoms with Crippen molar-refractivity contribution < 1.29 is 14.3 Å². The topological polar surface area (TPSA) is 76.5 Å². The molecule has 7 nitrogen and oxygen atoms in total. The molecule has 1 aliphatic rings. The van der Waals surface area contributed by atoms with Gasteiger partial charge in [0, 0.05) is 25.2 Å². The second-order valence-corrected chi connectivity index (χ2v) is 10.1. The maximum absolute atomic E-state index is 13.2. The Morgan fingerprint density at radius 3 is 2.53 bits per heavy atom. The number of likely N-dealkylation sites (tertiary alicyclic amines) is 1. The van der Waals surface area contributed by atoms with E-state index in [0.717, 1.165) is 29.7 Å². The molecule has 2 amide bonds. The smallest absolute Gasteiger partial charge is 0.275 e. The molecule has 2 aromatic carbocycles. The van der Waals surface area contributed by atoms with E-state index in [0.29, 0.717) is 48.4 Å². The largest absolute Gasteiger partial charge is 0.489 e. The number of hydrogen-bond donors (Lipinski definition) is 1. The lowest BCUT2D eigenvalue weighted by molar-refractivity contribution is -0.133. The van der Waals surface area contributed by atoms with Gasteiger partial charge in [-0.15, -0.1) is 0 Å². The molecule has 1 N–H and O–H groups in total. The highest BCUT2D eigenvalue weighted by molar-refractivity contribution is 6.34. The van der Waals surface area contributed by atoms with Gasteiger partial charge in [-0.25, -0.2) is 0 Å². The molecule has 0 spiro atoms. The Balaban J connectivity index is 1.40. The summed E-state index contributed by atoms with van der Waals surface area (Å²) in [7, 11) is 0. The van der Waals surface area contributed by atoms with Crippen LogP contribution in [0.5, 0.6) is 5.75 Å². The van der Waals surface area contributed by atoms with E-state index in [1.54, 1.807) is 4.68 Å². The molecule has 0 aliphatic carbocycles. The number of aromatic nitrogens is 2. The molecule has 4 rings (SSSR count). The van der Waals surface area contributed by atoms with Crippen LogP contribution in [0.15, 0.2) is 54.7 Å². The number of carbonyl (C=O) groups is 2. The lowest BCUT2D eigenvalue weighted by Gasteiger charge is -2.33. The SMILES string of the molecule is Cc1cc(OCc2ccccc2)ccc1NC(=O)c1c(Cl)cnn1C1CCN(C(=O)CC(C)C)CC1. The van der Waals surface area contributed by atoms with Crippen LogP contribution in [0.4, 0.5) is 5.69 Å². The average Bonchev–Trinajstić information content (AvgIpc) is 3.26. The fourth-order valence-corrected chi connectivity index (χ4v) is 4.67. The van der Waals surface area contributed by atoms with Gasteiger partial charge in [0.15, 0.2) is 0 Å². The quantitative estimate of drug-likeness (QED) is 0.412. The first-order valence-corrected chi connectivity index (χ1v) is 12.8. The van der Waals surface area contributed by atoms with E-state index in [-0.39, 0.29) is 17.9 Å². The molecule has 0 unspecified atom stereocenters. The predicted molar refractivity (Wildman–Crippen MR) is 141 cm³/mol. The molecule has 1 aliphatic heterocycles. The Bertz CT molecular complexity index is 1200. The van der Waals surface area contributed by atoms with Gasteiger partial charge in [-0.05, 0) is 55.0 Å². The zero-order valence-electron chi connectivity index (χ0n) is 21.0. The minimum Gasteiger partial charge on any atom is -0.489 e. The number of ether oxygens (including phenoxy) is 1. The van der Waals surface area contributed by atoms with Crippen molar-refractivity contribution >= 4 is 29.1 Å². The van der Waals surface area contributed by atoms with Gasteiger partial charge >= 0.3 is 0 Å². The van der Waals surface area contributed by atoms with Gasteiger partial charge in [0.1, 0.15) is 18.1 Å². The van der Waals surface area contributed by atoms with Gasteiger partial charge in [0.05, 0.1) is 17.3 Å². The summed E-state index contributed by atoms with van der Waals surface area (Å²) >= 11 is 6.40. The van der Waals surface area contributed by atoms with Crippen LogP contribution >= 0.6 is 11.6 Å². The number of amides is 2. The van der Waals surface area contributed by atoms with E-state index in [2.05, 4.69) is 10.4 Å². The highest BCUT2D eigenvalue weighted by Crippen LogP contribution is 2.29. The number of piperidine rings is 1. The van der Waals surface area contributed by atoms with Crippen LogP contribution in [0.2, 0.25) is 5.02 Å². The molecule has 36 heavy (non-hydrogen) atoms. The summed E-state index contributed by atoms with van der Waals surface area (Å²) in [5.74, 6) is 0.947. The summed E-state index contributed by atoms with van der Waals surface area (Å²) in [6.45, 7) is 7.80. The van der Waals surface area contributed by atoms with Crippen LogP contribution in [-0.4, -0.2) is 39.6 Å². The Hall–Kier alpha value is -3.32. The van der Waals surface area contributed by atoms with E-state index < -0.39 is 0 Å². The molecule has 1 fully saturated rings. The molecule has 2 heterocycles. The number of halogens is 1. The number of rotatable bonds is 8. The minimum atomic E-state index is -0.308. The molecule has 1 saturated heterocycles. The van der Waals surface area contributed by atoms with E-state index in [9.17, 15) is 9.59 Å². The summed E-state index contributed by atoms with van der Waals surface area (Å²) in [4.78, 5) is 27.6. The zero-order valence-corrected chi connectivity index (χ0v) is 21.8. The maximum atomic E-state index is 13.2. The molecule has 8 heteroatoms. The highest BCUT2D eigenvalue weighted by atomic mass is 35.5. The second kappa shape index (κ2) is 11.6. The van der Waals surface area contributed by atoms with E-state index in [1.807, 2.05) is 74.2 Å². The van der Waals surface area contributed by atoms with Gasteiger partial charge in [0.25, 0.3) is 5.91 Å². The van der Waals surface area contributed by atoms with Crippen molar-refractivity contribution in [3.8, 4) is 5.75 Å². The third kappa shape index (κ3) is 6.26. The average molecular weight is 509 g/mol. The summed E-state index contributed by atoms with van der Waals surface area (Å²) in [6, 6.07) is 15.6. The summed E-state index contributed by atoms with van der Waals surface area (Å²) in [5, 5.41) is 7.70. The molecule has 0 bridgehead atoms. The van der Waals surface area contributed by atoms with Gasteiger partial charge in [-0.2, -0.15) is 5.10 Å². The standard InChI is InChI=1S/C28H33ClN4O3/c1-19(2)15-26(34)32-13-11-22(12-14-32)33-27(24(29)17-30-33)28(35)31-25-10-9-23(16-20(25)3)36-18-21-7-5-4-6-8-21/h4-10,16-17,19,22H,11-15,18H2,1-3H3,(H,31,35). The first-order valence-electron chi connectivity index (χ1n) is 12.4. The molecule has 3 aromatic rings. The van der Waals surface area contributed by atoms with Gasteiger partial charge < -0.3 is 15.0 Å². The Morgan fingerprint density at radius 1 is 1.14 bits per heavy atom. The van der Waals surface area contributed by atoms with Crippen molar-refractivity contribution in [2.24, 2.45) is 5.92 Å². The Labute approximate surface area is 217 Å². The van der Waals surface area contributed by atoms with Gasteiger partial charge in [-0.1, -0.05) is 55.8 Å². The number of nitrogens with one attached hydrogen (secondary N) is 1. The minimum absolute atomic E-state index is 0.0104. The van der Waals surface area contributed by atoms with Crippen LogP contribution in [0.3, 0.4) is 0 Å². The number of benzene rings is 2. The van der Waals surface area contributed by atoms with Crippen molar-refractivity contribution in [3.63, 3.8) is 0 Å². The number of hydrogen-bond acceptors (Lipinski definition) is 4.